The lowest BCUT2D eigenvalue weighted by Crippen LogP contribution is -1.86. The molecule has 0 bridgehead atoms. The number of thiophene rings is 1. The zero-order chi connectivity index (χ0) is 18.0. The molecule has 0 radical (unpaired) electrons. The minimum atomic E-state index is 1.28. The Morgan fingerprint density at radius 1 is 0.556 bits per heavy atom. The molecule has 0 aliphatic heterocycles. The molecule has 0 N–H and O–H groups in total. The van der Waals surface area contributed by atoms with Crippen molar-refractivity contribution in [3.05, 3.63) is 84.9 Å². The van der Waals surface area contributed by atoms with Gasteiger partial charge in [0.25, 0.3) is 0 Å². The van der Waals surface area contributed by atoms with E-state index in [-0.39, 0.29) is 0 Å². The van der Waals surface area contributed by atoms with E-state index in [1.165, 1.54) is 53.1 Å². The topological polar surface area (TPSA) is 4.93 Å². The lowest BCUT2D eigenvalue weighted by Gasteiger charge is -2.08. The zero-order valence-electron chi connectivity index (χ0n) is 14.9. The monoisotopic (exact) mass is 363 g/mol. The fourth-order valence-electron chi connectivity index (χ4n) is 4.43. The summed E-state index contributed by atoms with van der Waals surface area (Å²) < 4.78 is 5.01. The first-order chi connectivity index (χ1) is 13.3. The Labute approximate surface area is 161 Å². The molecular weight excluding hydrogens is 346 g/mol. The number of nitrogens with zero attached hydrogens (tertiary/aromatic N) is 1. The maximum atomic E-state index is 2.31. The lowest BCUT2D eigenvalue weighted by molar-refractivity contribution is 1.01. The first kappa shape index (κ1) is 15.0. The highest BCUT2D eigenvalue weighted by atomic mass is 32.1. The Balaban J connectivity index is 1.83. The third kappa shape index (κ3) is 1.99. The third-order valence-electron chi connectivity index (χ3n) is 5.63. The van der Waals surface area contributed by atoms with Gasteiger partial charge in [-0.3, -0.25) is 0 Å². The van der Waals surface area contributed by atoms with Crippen LogP contribution in [0.5, 0.6) is 0 Å². The van der Waals surface area contributed by atoms with E-state index in [0.29, 0.717) is 0 Å². The second-order valence-electron chi connectivity index (χ2n) is 7.05. The molecule has 0 spiro atoms. The molecule has 0 amide bonds. The van der Waals surface area contributed by atoms with Crippen molar-refractivity contribution in [3.8, 4) is 11.1 Å². The van der Waals surface area contributed by atoms with Crippen molar-refractivity contribution < 1.29 is 0 Å². The Morgan fingerprint density at radius 3 is 2.07 bits per heavy atom. The van der Waals surface area contributed by atoms with E-state index in [2.05, 4.69) is 96.5 Å². The molecule has 0 saturated carbocycles. The smallest absolute Gasteiger partial charge is 0.0495 e. The second kappa shape index (κ2) is 5.45. The van der Waals surface area contributed by atoms with E-state index < -0.39 is 0 Å². The van der Waals surface area contributed by atoms with Crippen LogP contribution < -0.4 is 0 Å². The summed E-state index contributed by atoms with van der Waals surface area (Å²) in [6, 6.07) is 30.8. The van der Waals surface area contributed by atoms with Crippen LogP contribution in [0.1, 0.15) is 0 Å². The van der Waals surface area contributed by atoms with Crippen LogP contribution in [-0.2, 0) is 7.05 Å². The Hall–Kier alpha value is -3.10. The largest absolute Gasteiger partial charge is 0.344 e. The fraction of sp³-hybridized carbons (Fsp3) is 0.0400. The third-order valence-corrected chi connectivity index (χ3v) is 6.77. The second-order valence-corrected chi connectivity index (χ2v) is 8.14. The normalized spacial score (nSPS) is 11.9. The summed E-state index contributed by atoms with van der Waals surface area (Å²) in [4.78, 5) is 0. The van der Waals surface area contributed by atoms with Gasteiger partial charge in [0, 0.05) is 49.0 Å². The van der Waals surface area contributed by atoms with Crippen molar-refractivity contribution in [2.24, 2.45) is 7.05 Å². The average molecular weight is 363 g/mol. The SMILES string of the molecule is Cn1c2ccccc2c2c(-c3cccc4sc5ccccc5c34)cccc21. The fourth-order valence-corrected chi connectivity index (χ4v) is 5.57. The van der Waals surface area contributed by atoms with Crippen LogP contribution in [0.15, 0.2) is 84.9 Å². The molecule has 2 heterocycles. The zero-order valence-corrected chi connectivity index (χ0v) is 15.8. The van der Waals surface area contributed by atoms with Crippen LogP contribution in [0.4, 0.5) is 0 Å². The quantitative estimate of drug-likeness (QED) is 0.287. The number of aryl methyl sites for hydroxylation is 1. The maximum absolute atomic E-state index is 2.31. The first-order valence-electron chi connectivity index (χ1n) is 9.20. The maximum Gasteiger partial charge on any atom is 0.0495 e. The van der Waals surface area contributed by atoms with Gasteiger partial charge < -0.3 is 4.57 Å². The van der Waals surface area contributed by atoms with Crippen LogP contribution in [0.2, 0.25) is 0 Å². The number of rotatable bonds is 1. The Kier molecular flexibility index (Phi) is 3.03. The molecule has 6 aromatic rings. The summed E-state index contributed by atoms with van der Waals surface area (Å²) in [7, 11) is 2.16. The summed E-state index contributed by atoms with van der Waals surface area (Å²) in [5, 5.41) is 5.39. The first-order valence-corrected chi connectivity index (χ1v) is 10.0. The molecule has 6 rings (SSSR count). The molecule has 0 fully saturated rings. The van der Waals surface area contributed by atoms with Crippen LogP contribution in [0.3, 0.4) is 0 Å². The van der Waals surface area contributed by atoms with E-state index in [1.807, 2.05) is 11.3 Å². The van der Waals surface area contributed by atoms with Gasteiger partial charge in [-0.25, -0.2) is 0 Å². The summed E-state index contributed by atoms with van der Waals surface area (Å²) in [6.45, 7) is 0. The number of fused-ring (bicyclic) bond motifs is 6. The van der Waals surface area contributed by atoms with Gasteiger partial charge in [-0.15, -0.1) is 11.3 Å². The molecule has 0 atom stereocenters. The number of para-hydroxylation sites is 1. The van der Waals surface area contributed by atoms with Gasteiger partial charge in [-0.05, 0) is 35.4 Å². The summed E-state index contributed by atoms with van der Waals surface area (Å²) in [6.07, 6.45) is 0. The number of hydrogen-bond acceptors (Lipinski definition) is 1. The molecule has 0 saturated heterocycles. The summed E-state index contributed by atoms with van der Waals surface area (Å²) in [5.74, 6) is 0. The van der Waals surface area contributed by atoms with Gasteiger partial charge in [0.2, 0.25) is 0 Å². The van der Waals surface area contributed by atoms with E-state index >= 15 is 0 Å². The highest BCUT2D eigenvalue weighted by Gasteiger charge is 2.16. The molecule has 2 aromatic heterocycles. The van der Waals surface area contributed by atoms with Crippen LogP contribution in [-0.4, -0.2) is 4.57 Å². The average Bonchev–Trinajstić information content (AvgIpc) is 3.24. The molecule has 0 unspecified atom stereocenters. The van der Waals surface area contributed by atoms with E-state index in [1.54, 1.807) is 0 Å². The summed E-state index contributed by atoms with van der Waals surface area (Å²) in [5.41, 5.74) is 5.21. The summed E-state index contributed by atoms with van der Waals surface area (Å²) >= 11 is 1.88. The number of aromatic nitrogens is 1. The van der Waals surface area contributed by atoms with Crippen molar-refractivity contribution >= 4 is 53.3 Å². The molecule has 27 heavy (non-hydrogen) atoms. The van der Waals surface area contributed by atoms with Crippen molar-refractivity contribution in [1.29, 1.82) is 0 Å². The van der Waals surface area contributed by atoms with Crippen LogP contribution in [0.25, 0.3) is 53.1 Å². The number of hydrogen-bond donors (Lipinski definition) is 0. The molecular formula is C25H17NS. The highest BCUT2D eigenvalue weighted by Crippen LogP contribution is 2.43. The molecule has 0 aliphatic rings. The van der Waals surface area contributed by atoms with Crippen LogP contribution >= 0.6 is 11.3 Å². The molecule has 4 aromatic carbocycles. The highest BCUT2D eigenvalue weighted by molar-refractivity contribution is 7.25. The lowest BCUT2D eigenvalue weighted by atomic mass is 9.95. The minimum Gasteiger partial charge on any atom is -0.344 e. The van der Waals surface area contributed by atoms with Crippen molar-refractivity contribution in [2.45, 2.75) is 0 Å². The minimum absolute atomic E-state index is 1.28. The van der Waals surface area contributed by atoms with E-state index in [0.717, 1.165) is 0 Å². The predicted molar refractivity (Wildman–Crippen MR) is 119 cm³/mol. The Morgan fingerprint density at radius 2 is 1.19 bits per heavy atom. The predicted octanol–water partition coefficient (Wildman–Crippen LogP) is 7.37. The van der Waals surface area contributed by atoms with Gasteiger partial charge in [0.05, 0.1) is 0 Å². The number of benzene rings is 4. The standard InChI is InChI=1S/C25H17NS/c1-26-20-12-4-2-8-18(20)24-16(10-6-13-21(24)26)17-11-7-15-23-25(17)19-9-3-5-14-22(19)27-23/h2-15H,1H3. The van der Waals surface area contributed by atoms with Gasteiger partial charge in [0.1, 0.15) is 0 Å². The van der Waals surface area contributed by atoms with Gasteiger partial charge in [-0.2, -0.15) is 0 Å². The molecule has 1 nitrogen and oxygen atoms in total. The van der Waals surface area contributed by atoms with Crippen molar-refractivity contribution in [3.63, 3.8) is 0 Å². The van der Waals surface area contributed by atoms with Gasteiger partial charge in [-0.1, -0.05) is 60.7 Å². The van der Waals surface area contributed by atoms with Crippen molar-refractivity contribution in [1.82, 2.24) is 4.57 Å². The van der Waals surface area contributed by atoms with E-state index in [9.17, 15) is 0 Å². The van der Waals surface area contributed by atoms with Crippen molar-refractivity contribution in [2.75, 3.05) is 0 Å². The van der Waals surface area contributed by atoms with Gasteiger partial charge >= 0.3 is 0 Å². The van der Waals surface area contributed by atoms with Crippen LogP contribution in [0, 0.1) is 0 Å². The molecule has 0 aliphatic carbocycles. The van der Waals surface area contributed by atoms with E-state index in [4.69, 9.17) is 0 Å². The molecule has 128 valence electrons. The van der Waals surface area contributed by atoms with Gasteiger partial charge in [0.15, 0.2) is 0 Å². The Bertz CT molecular complexity index is 1480. The molecule has 2 heteroatoms.